The molecule has 1 aliphatic carbocycles. The summed E-state index contributed by atoms with van der Waals surface area (Å²) >= 11 is 0. The molecule has 7 nitrogen and oxygen atoms in total. The predicted octanol–water partition coefficient (Wildman–Crippen LogP) is 6.20. The fourth-order valence-electron chi connectivity index (χ4n) is 6.48. The van der Waals surface area contributed by atoms with Crippen LogP contribution in [0.4, 0.5) is 13.2 Å². The normalized spacial score (nSPS) is 22.2. The van der Waals surface area contributed by atoms with Crippen LogP contribution in [-0.2, 0) is 16.5 Å². The van der Waals surface area contributed by atoms with E-state index in [1.54, 1.807) is 0 Å². The zero-order valence-electron chi connectivity index (χ0n) is 22.4. The van der Waals surface area contributed by atoms with Gasteiger partial charge in [-0.05, 0) is 74.9 Å². The van der Waals surface area contributed by atoms with E-state index in [1.165, 1.54) is 12.1 Å². The number of nitrogens with one attached hydrogen (secondary N) is 1. The zero-order chi connectivity index (χ0) is 28.6. The van der Waals surface area contributed by atoms with Crippen molar-refractivity contribution in [3.05, 3.63) is 66.2 Å². The lowest BCUT2D eigenvalue weighted by Crippen LogP contribution is -2.45. The number of rotatable bonds is 5. The van der Waals surface area contributed by atoms with Crippen LogP contribution in [0.3, 0.4) is 0 Å². The second kappa shape index (κ2) is 11.4. The van der Waals surface area contributed by atoms with Gasteiger partial charge in [0.25, 0.3) is 0 Å². The number of ether oxygens (including phenoxy) is 1. The highest BCUT2D eigenvalue weighted by Crippen LogP contribution is 2.40. The number of aromatic nitrogens is 3. The van der Waals surface area contributed by atoms with E-state index in [2.05, 4.69) is 9.97 Å². The summed E-state index contributed by atoms with van der Waals surface area (Å²) in [4.78, 5) is 14.9. The van der Waals surface area contributed by atoms with Gasteiger partial charge < -0.3 is 9.72 Å². The number of pyridine rings is 2. The number of fused-ring (bicyclic) bond motifs is 3. The number of H-pyrrole nitrogens is 1. The SMILES string of the molecule is O=S(=O)=C(C1CCC(c2nccc3cnc4[nH]ccc4c23)CC1)N1CCCC(COc2ccc(C(F)(F)F)cc2)C1. The van der Waals surface area contributed by atoms with Gasteiger partial charge in [0.1, 0.15) is 16.4 Å². The summed E-state index contributed by atoms with van der Waals surface area (Å²) in [6.45, 7) is 1.54. The molecule has 0 radical (unpaired) electrons. The van der Waals surface area contributed by atoms with E-state index in [0.29, 0.717) is 30.4 Å². The van der Waals surface area contributed by atoms with Crippen molar-refractivity contribution in [2.24, 2.45) is 11.8 Å². The first-order valence-electron chi connectivity index (χ1n) is 14.0. The molecule has 216 valence electrons. The minimum Gasteiger partial charge on any atom is -0.493 e. The summed E-state index contributed by atoms with van der Waals surface area (Å²) in [5, 5.41) is 3.22. The lowest BCUT2D eigenvalue weighted by atomic mass is 9.78. The highest BCUT2D eigenvalue weighted by molar-refractivity contribution is 7.72. The maximum atomic E-state index is 12.8. The fourth-order valence-corrected chi connectivity index (χ4v) is 7.36. The monoisotopic (exact) mass is 584 g/mol. The Labute approximate surface area is 237 Å². The first-order chi connectivity index (χ1) is 19.8. The van der Waals surface area contributed by atoms with Gasteiger partial charge in [-0.3, -0.25) is 9.88 Å². The van der Waals surface area contributed by atoms with Crippen LogP contribution in [-0.4, -0.2) is 53.0 Å². The molecule has 11 heteroatoms. The van der Waals surface area contributed by atoms with Gasteiger partial charge in [-0.1, -0.05) is 0 Å². The highest BCUT2D eigenvalue weighted by atomic mass is 32.2. The molecule has 41 heavy (non-hydrogen) atoms. The van der Waals surface area contributed by atoms with Crippen molar-refractivity contribution in [2.75, 3.05) is 19.7 Å². The van der Waals surface area contributed by atoms with Gasteiger partial charge in [-0.25, -0.2) is 4.98 Å². The van der Waals surface area contributed by atoms with Crippen molar-refractivity contribution in [1.29, 1.82) is 0 Å². The van der Waals surface area contributed by atoms with Crippen LogP contribution in [0.15, 0.2) is 55.0 Å². The zero-order valence-corrected chi connectivity index (χ0v) is 23.2. The van der Waals surface area contributed by atoms with Crippen LogP contribution in [0.1, 0.15) is 55.7 Å². The number of hydrogen-bond acceptors (Lipinski definition) is 5. The molecule has 6 rings (SSSR count). The Morgan fingerprint density at radius 2 is 1.80 bits per heavy atom. The van der Waals surface area contributed by atoms with Crippen LogP contribution in [0.25, 0.3) is 21.8 Å². The Kier molecular flexibility index (Phi) is 7.74. The maximum absolute atomic E-state index is 12.8. The van der Waals surface area contributed by atoms with Gasteiger partial charge in [-0.15, -0.1) is 0 Å². The predicted molar refractivity (Wildman–Crippen MR) is 151 cm³/mol. The quantitative estimate of drug-likeness (QED) is 0.281. The van der Waals surface area contributed by atoms with Crippen LogP contribution in [0.5, 0.6) is 5.75 Å². The molecule has 0 spiro atoms. The summed E-state index contributed by atoms with van der Waals surface area (Å²) < 4.78 is 69.4. The molecular formula is C30H31F3N4O3S. The Morgan fingerprint density at radius 1 is 1.02 bits per heavy atom. The largest absolute Gasteiger partial charge is 0.493 e. The van der Waals surface area contributed by atoms with Crippen LogP contribution >= 0.6 is 0 Å². The minimum absolute atomic E-state index is 0.0527. The van der Waals surface area contributed by atoms with E-state index < -0.39 is 22.0 Å². The number of hydrogen-bond donors (Lipinski definition) is 1. The number of nitrogens with zero attached hydrogens (tertiary/aromatic N) is 3. The van der Waals surface area contributed by atoms with Crippen LogP contribution in [0, 0.1) is 11.8 Å². The molecule has 1 aromatic carbocycles. The van der Waals surface area contributed by atoms with Crippen molar-refractivity contribution in [2.45, 2.75) is 50.6 Å². The Hall–Kier alpha value is -3.44. The smallest absolute Gasteiger partial charge is 0.416 e. The summed E-state index contributed by atoms with van der Waals surface area (Å²) in [7, 11) is -2.34. The molecule has 1 saturated heterocycles. The summed E-state index contributed by atoms with van der Waals surface area (Å²) in [6.07, 6.45) is 6.11. The molecule has 2 aliphatic rings. The second-order valence-electron chi connectivity index (χ2n) is 11.1. The topological polar surface area (TPSA) is 88.2 Å². The number of alkyl halides is 3. The molecule has 4 heterocycles. The molecular weight excluding hydrogens is 553 g/mol. The van der Waals surface area contributed by atoms with E-state index in [4.69, 9.17) is 9.72 Å². The number of piperidine rings is 1. The molecule has 1 N–H and O–H groups in total. The second-order valence-corrected chi connectivity index (χ2v) is 12.0. The molecule has 0 bridgehead atoms. The summed E-state index contributed by atoms with van der Waals surface area (Å²) in [6, 6.07) is 8.68. The van der Waals surface area contributed by atoms with E-state index in [0.717, 1.165) is 78.2 Å². The third-order valence-corrected chi connectivity index (χ3v) is 9.40. The Morgan fingerprint density at radius 3 is 2.54 bits per heavy atom. The molecule has 1 saturated carbocycles. The molecule has 3 aromatic heterocycles. The highest BCUT2D eigenvalue weighted by Gasteiger charge is 2.34. The van der Waals surface area contributed by atoms with Gasteiger partial charge in [0.2, 0.25) is 10.3 Å². The first-order valence-corrected chi connectivity index (χ1v) is 15.1. The molecule has 2 fully saturated rings. The first kappa shape index (κ1) is 27.7. The lowest BCUT2D eigenvalue weighted by molar-refractivity contribution is -0.137. The molecule has 0 amide bonds. The molecule has 1 unspecified atom stereocenters. The third kappa shape index (κ3) is 5.83. The maximum Gasteiger partial charge on any atom is 0.416 e. The van der Waals surface area contributed by atoms with E-state index >= 15 is 0 Å². The number of benzene rings is 1. The van der Waals surface area contributed by atoms with Gasteiger partial charge >= 0.3 is 6.18 Å². The van der Waals surface area contributed by atoms with Crippen molar-refractivity contribution in [3.63, 3.8) is 0 Å². The van der Waals surface area contributed by atoms with E-state index in [1.807, 2.05) is 35.6 Å². The standard InChI is InChI=1S/C30H31F3N4O3S/c31-30(32,33)23-7-9-24(10-8-23)40-18-19-2-1-15-37(17-19)29(41(38)39)21-5-3-20(4-6-21)27-26-22(11-13-34-27)16-36-28-25(26)12-14-35-28/h7-14,16,19-21H,1-6,15,17-18H2,(H,35,36). The number of halogens is 3. The Bertz CT molecular complexity index is 1670. The molecule has 4 aromatic rings. The average Bonchev–Trinajstić information content (AvgIpc) is 3.46. The van der Waals surface area contributed by atoms with Crippen molar-refractivity contribution >= 4 is 37.1 Å². The number of likely N-dealkylation sites (tertiary alicyclic amines) is 1. The van der Waals surface area contributed by atoms with Crippen LogP contribution < -0.4 is 4.74 Å². The number of aromatic amines is 1. The summed E-state index contributed by atoms with van der Waals surface area (Å²) in [5.74, 6) is 0.643. The average molecular weight is 585 g/mol. The fraction of sp³-hybridized carbons (Fsp3) is 0.433. The van der Waals surface area contributed by atoms with Gasteiger partial charge in [0, 0.05) is 65.6 Å². The van der Waals surface area contributed by atoms with Gasteiger partial charge in [-0.2, -0.15) is 21.6 Å². The third-order valence-electron chi connectivity index (χ3n) is 8.47. The molecule has 1 aliphatic heterocycles. The van der Waals surface area contributed by atoms with Gasteiger partial charge in [0.05, 0.1) is 17.9 Å². The van der Waals surface area contributed by atoms with Crippen molar-refractivity contribution < 1.29 is 26.3 Å². The minimum atomic E-state index is -4.39. The lowest BCUT2D eigenvalue weighted by Gasteiger charge is -2.37. The van der Waals surface area contributed by atoms with Crippen molar-refractivity contribution in [1.82, 2.24) is 19.9 Å². The van der Waals surface area contributed by atoms with E-state index in [9.17, 15) is 21.6 Å². The Balaban J connectivity index is 1.11. The van der Waals surface area contributed by atoms with Gasteiger partial charge in [0.15, 0.2) is 0 Å². The van der Waals surface area contributed by atoms with E-state index in [-0.39, 0.29) is 17.8 Å². The summed E-state index contributed by atoms with van der Waals surface area (Å²) in [5.41, 5.74) is 1.17. The molecule has 1 atom stereocenters. The van der Waals surface area contributed by atoms with Crippen molar-refractivity contribution in [3.8, 4) is 5.75 Å². The van der Waals surface area contributed by atoms with Crippen LogP contribution in [0.2, 0.25) is 0 Å².